The van der Waals surface area contributed by atoms with E-state index in [0.717, 1.165) is 5.56 Å². The van der Waals surface area contributed by atoms with Crippen LogP contribution < -0.4 is 5.32 Å². The first kappa shape index (κ1) is 18.5. The molecule has 2 amide bonds. The lowest BCUT2D eigenvalue weighted by atomic mass is 10.0. The van der Waals surface area contributed by atoms with Gasteiger partial charge in [0.05, 0.1) is 20.3 Å². The summed E-state index contributed by atoms with van der Waals surface area (Å²) in [6, 6.07) is 9.32. The van der Waals surface area contributed by atoms with Crippen LogP contribution in [-0.2, 0) is 25.5 Å². The molecule has 7 heteroatoms. The highest BCUT2D eigenvalue weighted by Gasteiger charge is 2.47. The van der Waals surface area contributed by atoms with Gasteiger partial charge in [0.25, 0.3) is 0 Å². The Hall–Kier alpha value is -2.83. The minimum Gasteiger partial charge on any atom is -0.468 e. The van der Waals surface area contributed by atoms with Crippen LogP contribution in [0.2, 0.25) is 0 Å². The minimum atomic E-state index is -1.25. The van der Waals surface area contributed by atoms with Crippen LogP contribution in [-0.4, -0.2) is 55.2 Å². The lowest BCUT2D eigenvalue weighted by molar-refractivity contribution is -0.142. The van der Waals surface area contributed by atoms with Crippen molar-refractivity contribution in [3.63, 3.8) is 0 Å². The zero-order valence-electron chi connectivity index (χ0n) is 14.5. The lowest BCUT2D eigenvalue weighted by Crippen LogP contribution is -2.58. The van der Waals surface area contributed by atoms with Gasteiger partial charge < -0.3 is 14.8 Å². The molecule has 1 aromatic rings. The normalized spacial score (nSPS) is 21.7. The molecule has 1 aromatic carbocycles. The number of rotatable bonds is 5. The van der Waals surface area contributed by atoms with Gasteiger partial charge in [0.1, 0.15) is 12.1 Å². The fourth-order valence-electron chi connectivity index (χ4n) is 2.84. The van der Waals surface area contributed by atoms with E-state index >= 15 is 0 Å². The van der Waals surface area contributed by atoms with E-state index in [1.807, 2.05) is 36.4 Å². The first-order valence-electron chi connectivity index (χ1n) is 7.88. The van der Waals surface area contributed by atoms with Crippen LogP contribution in [0, 0.1) is 0 Å². The fourth-order valence-corrected chi connectivity index (χ4v) is 2.84. The summed E-state index contributed by atoms with van der Waals surface area (Å²) < 4.78 is 9.38. The summed E-state index contributed by atoms with van der Waals surface area (Å²) in [6.07, 6.45) is 3.40. The zero-order chi connectivity index (χ0) is 18.4. The average Bonchev–Trinajstić information content (AvgIpc) is 2.97. The maximum absolute atomic E-state index is 12.6. The summed E-state index contributed by atoms with van der Waals surface area (Å²) >= 11 is 0. The average molecular weight is 346 g/mol. The number of nitrogens with zero attached hydrogens (tertiary/aromatic N) is 1. The number of amides is 2. The Balaban J connectivity index is 2.19. The molecule has 7 nitrogen and oxygen atoms in total. The number of nitrogens with one attached hydrogen (secondary N) is 1. The monoisotopic (exact) mass is 346 g/mol. The van der Waals surface area contributed by atoms with E-state index in [1.54, 1.807) is 13.0 Å². The van der Waals surface area contributed by atoms with Crippen molar-refractivity contribution in [1.82, 2.24) is 10.2 Å². The third kappa shape index (κ3) is 3.99. The Bertz CT molecular complexity index is 673. The molecule has 0 aromatic heterocycles. The van der Waals surface area contributed by atoms with E-state index in [9.17, 15) is 14.4 Å². The number of carbonyl (C=O) groups is 3. The Morgan fingerprint density at radius 1 is 1.16 bits per heavy atom. The van der Waals surface area contributed by atoms with Crippen LogP contribution in [0.5, 0.6) is 0 Å². The second kappa shape index (κ2) is 7.83. The van der Waals surface area contributed by atoms with Crippen molar-refractivity contribution >= 4 is 18.0 Å². The standard InChI is InChI=1S/C18H22N2O5/c1-18(16(22)19-12-15(21)24-2)10-9-14(20(18)17(23)25-3)11-13-7-5-4-6-8-13/h4-10,14H,11-12H2,1-3H3,(H,19,22)/t14-,18+/m0/s1. The topological polar surface area (TPSA) is 84.9 Å². The summed E-state index contributed by atoms with van der Waals surface area (Å²) in [4.78, 5) is 37.6. The molecule has 134 valence electrons. The number of hydrogen-bond acceptors (Lipinski definition) is 5. The maximum atomic E-state index is 12.6. The van der Waals surface area contributed by atoms with Gasteiger partial charge in [0, 0.05) is 0 Å². The van der Waals surface area contributed by atoms with Gasteiger partial charge in [0.2, 0.25) is 5.91 Å². The zero-order valence-corrected chi connectivity index (χ0v) is 14.5. The molecular formula is C18H22N2O5. The number of hydrogen-bond donors (Lipinski definition) is 1. The molecule has 0 bridgehead atoms. The van der Waals surface area contributed by atoms with Gasteiger partial charge in [-0.15, -0.1) is 0 Å². The second-order valence-electron chi connectivity index (χ2n) is 5.86. The maximum Gasteiger partial charge on any atom is 0.411 e. The van der Waals surface area contributed by atoms with Gasteiger partial charge in [-0.3, -0.25) is 14.5 Å². The van der Waals surface area contributed by atoms with E-state index in [-0.39, 0.29) is 12.6 Å². The van der Waals surface area contributed by atoms with Gasteiger partial charge in [-0.2, -0.15) is 0 Å². The smallest absolute Gasteiger partial charge is 0.411 e. The van der Waals surface area contributed by atoms with E-state index < -0.39 is 23.5 Å². The highest BCUT2D eigenvalue weighted by Crippen LogP contribution is 2.30. The van der Waals surface area contributed by atoms with Crippen molar-refractivity contribution in [2.45, 2.75) is 24.9 Å². The molecule has 0 radical (unpaired) electrons. The van der Waals surface area contributed by atoms with Crippen LogP contribution >= 0.6 is 0 Å². The summed E-state index contributed by atoms with van der Waals surface area (Å²) in [5.74, 6) is -1.04. The first-order valence-corrected chi connectivity index (χ1v) is 7.88. The van der Waals surface area contributed by atoms with Gasteiger partial charge in [-0.05, 0) is 18.9 Å². The Morgan fingerprint density at radius 2 is 1.84 bits per heavy atom. The lowest BCUT2D eigenvalue weighted by Gasteiger charge is -2.36. The molecule has 1 N–H and O–H groups in total. The van der Waals surface area contributed by atoms with E-state index in [1.165, 1.54) is 19.1 Å². The van der Waals surface area contributed by atoms with Crippen molar-refractivity contribution in [3.05, 3.63) is 48.0 Å². The predicted octanol–water partition coefficient (Wildman–Crippen LogP) is 1.28. The second-order valence-corrected chi connectivity index (χ2v) is 5.86. The molecule has 0 saturated heterocycles. The Labute approximate surface area is 146 Å². The molecule has 0 saturated carbocycles. The van der Waals surface area contributed by atoms with E-state index in [4.69, 9.17) is 4.74 Å². The number of methoxy groups -OCH3 is 2. The molecule has 0 spiro atoms. The number of ether oxygens (including phenoxy) is 2. The van der Waals surface area contributed by atoms with Crippen LogP contribution in [0.3, 0.4) is 0 Å². The molecule has 1 aliphatic heterocycles. The SMILES string of the molecule is COC(=O)CNC(=O)[C@@]1(C)C=C[C@@H](Cc2ccccc2)N1C(=O)OC. The van der Waals surface area contributed by atoms with Crippen molar-refractivity contribution in [3.8, 4) is 0 Å². The molecule has 0 fully saturated rings. The van der Waals surface area contributed by atoms with Crippen molar-refractivity contribution in [2.75, 3.05) is 20.8 Å². The van der Waals surface area contributed by atoms with Gasteiger partial charge in [0.15, 0.2) is 0 Å². The molecular weight excluding hydrogens is 324 g/mol. The molecule has 0 aliphatic carbocycles. The fraction of sp³-hybridized carbons (Fsp3) is 0.389. The number of esters is 1. The van der Waals surface area contributed by atoms with Crippen LogP contribution in [0.1, 0.15) is 12.5 Å². The molecule has 25 heavy (non-hydrogen) atoms. The Kier molecular flexibility index (Phi) is 5.80. The van der Waals surface area contributed by atoms with E-state index in [2.05, 4.69) is 10.1 Å². The summed E-state index contributed by atoms with van der Waals surface area (Å²) in [6.45, 7) is 1.34. The molecule has 2 rings (SSSR count). The highest BCUT2D eigenvalue weighted by molar-refractivity contribution is 5.94. The third-order valence-corrected chi connectivity index (χ3v) is 4.21. The number of carbonyl (C=O) groups excluding carboxylic acids is 3. The molecule has 1 heterocycles. The van der Waals surface area contributed by atoms with Crippen LogP contribution in [0.15, 0.2) is 42.5 Å². The first-order chi connectivity index (χ1) is 11.9. The van der Waals surface area contributed by atoms with Crippen molar-refractivity contribution in [2.24, 2.45) is 0 Å². The molecule has 0 unspecified atom stereocenters. The minimum absolute atomic E-state index is 0.267. The van der Waals surface area contributed by atoms with Gasteiger partial charge in [-0.25, -0.2) is 4.79 Å². The predicted molar refractivity (Wildman–Crippen MR) is 90.7 cm³/mol. The van der Waals surface area contributed by atoms with E-state index in [0.29, 0.717) is 6.42 Å². The van der Waals surface area contributed by atoms with Gasteiger partial charge in [-0.1, -0.05) is 42.5 Å². The Morgan fingerprint density at radius 3 is 2.44 bits per heavy atom. The molecule has 1 aliphatic rings. The largest absolute Gasteiger partial charge is 0.468 e. The number of benzene rings is 1. The summed E-state index contributed by atoms with van der Waals surface area (Å²) in [5.41, 5.74) is -0.217. The van der Waals surface area contributed by atoms with Crippen molar-refractivity contribution in [1.29, 1.82) is 0 Å². The third-order valence-electron chi connectivity index (χ3n) is 4.21. The highest BCUT2D eigenvalue weighted by atomic mass is 16.5. The molecule has 2 atom stereocenters. The van der Waals surface area contributed by atoms with Crippen LogP contribution in [0.4, 0.5) is 4.79 Å². The van der Waals surface area contributed by atoms with Crippen molar-refractivity contribution < 1.29 is 23.9 Å². The van der Waals surface area contributed by atoms with Crippen LogP contribution in [0.25, 0.3) is 0 Å². The quantitative estimate of drug-likeness (QED) is 0.641. The van der Waals surface area contributed by atoms with Gasteiger partial charge >= 0.3 is 12.1 Å². The summed E-state index contributed by atoms with van der Waals surface area (Å²) in [7, 11) is 2.51. The summed E-state index contributed by atoms with van der Waals surface area (Å²) in [5, 5.41) is 2.49.